The summed E-state index contributed by atoms with van der Waals surface area (Å²) in [7, 11) is 1.61. The molecule has 1 unspecified atom stereocenters. The van der Waals surface area contributed by atoms with Crippen molar-refractivity contribution in [1.29, 1.82) is 0 Å². The predicted molar refractivity (Wildman–Crippen MR) is 167 cm³/mol. The molecule has 2 aromatic rings. The van der Waals surface area contributed by atoms with E-state index in [1.807, 2.05) is 62.4 Å². The van der Waals surface area contributed by atoms with Gasteiger partial charge in [-0.15, -0.1) is 0 Å². The quantitative estimate of drug-likeness (QED) is 0.268. The van der Waals surface area contributed by atoms with E-state index in [1.165, 1.54) is 6.42 Å². The van der Waals surface area contributed by atoms with Crippen LogP contribution in [-0.4, -0.2) is 49.4 Å². The minimum Gasteiger partial charge on any atom is -0.445 e. The molecule has 4 aliphatic carbocycles. The maximum absolute atomic E-state index is 14.1. The Morgan fingerprint density at radius 1 is 0.867 bits per heavy atom. The molecule has 2 aromatic carbocycles. The van der Waals surface area contributed by atoms with Crippen molar-refractivity contribution in [2.45, 2.75) is 95.5 Å². The van der Waals surface area contributed by atoms with Crippen LogP contribution < -0.4 is 10.6 Å². The second-order valence-electron chi connectivity index (χ2n) is 14.0. The Hall–Kier alpha value is -2.98. The lowest BCUT2D eigenvalue weighted by molar-refractivity contribution is -0.391. The summed E-state index contributed by atoms with van der Waals surface area (Å²) in [6.07, 6.45) is 6.60. The topological polar surface area (TPSA) is 104 Å². The van der Waals surface area contributed by atoms with Crippen molar-refractivity contribution >= 4 is 12.0 Å². The van der Waals surface area contributed by atoms with Crippen molar-refractivity contribution in [3.63, 3.8) is 0 Å². The summed E-state index contributed by atoms with van der Waals surface area (Å²) in [4.78, 5) is 39.5. The van der Waals surface area contributed by atoms with Gasteiger partial charge in [-0.25, -0.2) is 4.79 Å². The first-order valence-electron chi connectivity index (χ1n) is 16.7. The number of amides is 2. The van der Waals surface area contributed by atoms with Crippen LogP contribution in [-0.2, 0) is 41.8 Å². The van der Waals surface area contributed by atoms with Gasteiger partial charge in [-0.05, 0) is 80.2 Å². The van der Waals surface area contributed by atoms with E-state index in [2.05, 4.69) is 22.8 Å². The molecule has 244 valence electrons. The summed E-state index contributed by atoms with van der Waals surface area (Å²) in [5, 5.41) is 6.04. The number of aryl methyl sites for hydroxylation is 1. The lowest BCUT2D eigenvalue weighted by atomic mass is 9.53. The first-order valence-corrected chi connectivity index (χ1v) is 16.7. The Morgan fingerprint density at radius 2 is 1.49 bits per heavy atom. The van der Waals surface area contributed by atoms with Crippen LogP contribution in [0.15, 0.2) is 60.7 Å². The van der Waals surface area contributed by atoms with E-state index >= 15 is 0 Å². The molecule has 2 amide bonds. The van der Waals surface area contributed by atoms with Crippen molar-refractivity contribution in [2.24, 2.45) is 29.6 Å². The standard InChI is InChI=1S/C36H48N2O7/c1-24(2)16-31(37-34(40)42-22-26-12-8-5-9-13-26)33(39)38-32(15-14-25-10-6-4-7-11-25)35(23-41-3)43-36(45-44-35)29-18-27-17-28(20-29)21-30(36)19-27/h4-13,24,27-32H,14-23H2,1-3H3,(H,37,40)(H,38,39)/t27?,28?,29?,30?,31-,32-,35?,36?/m0/s1. The fraction of sp³-hybridized carbons (Fsp3) is 0.611. The molecule has 9 nitrogen and oxygen atoms in total. The van der Waals surface area contributed by atoms with Crippen LogP contribution in [0.25, 0.3) is 0 Å². The molecule has 1 spiro atoms. The number of ether oxygens (including phenoxy) is 3. The average Bonchev–Trinajstić information content (AvgIpc) is 3.42. The van der Waals surface area contributed by atoms with E-state index in [-0.39, 0.29) is 36.9 Å². The molecule has 5 fully saturated rings. The molecular weight excluding hydrogens is 572 g/mol. The van der Waals surface area contributed by atoms with E-state index in [0.29, 0.717) is 19.3 Å². The number of alkyl carbamates (subject to hydrolysis) is 1. The summed E-state index contributed by atoms with van der Waals surface area (Å²) in [5.41, 5.74) is 2.00. The zero-order valence-electron chi connectivity index (χ0n) is 26.7. The summed E-state index contributed by atoms with van der Waals surface area (Å²) in [6.45, 7) is 4.24. The highest BCUT2D eigenvalue weighted by molar-refractivity contribution is 5.86. The summed E-state index contributed by atoms with van der Waals surface area (Å²) in [5.74, 6) is -0.401. The Bertz CT molecular complexity index is 1260. The van der Waals surface area contributed by atoms with Crippen LogP contribution in [0.3, 0.4) is 0 Å². The third-order valence-electron chi connectivity index (χ3n) is 10.2. The van der Waals surface area contributed by atoms with Crippen LogP contribution in [0, 0.1) is 29.6 Å². The molecule has 3 atom stereocenters. The highest BCUT2D eigenvalue weighted by atomic mass is 17.3. The smallest absolute Gasteiger partial charge is 0.408 e. The highest BCUT2D eigenvalue weighted by Gasteiger charge is 2.68. The molecule has 9 heteroatoms. The lowest BCUT2D eigenvalue weighted by Gasteiger charge is -2.57. The van der Waals surface area contributed by atoms with E-state index in [1.54, 1.807) is 7.11 Å². The first-order chi connectivity index (χ1) is 21.8. The van der Waals surface area contributed by atoms with Crippen molar-refractivity contribution in [2.75, 3.05) is 13.7 Å². The third-order valence-corrected chi connectivity index (χ3v) is 10.2. The number of nitrogens with one attached hydrogen (secondary N) is 2. The molecule has 2 N–H and O–H groups in total. The van der Waals surface area contributed by atoms with Gasteiger partial charge in [0.05, 0.1) is 6.04 Å². The van der Waals surface area contributed by atoms with Gasteiger partial charge in [0.2, 0.25) is 17.5 Å². The number of methoxy groups -OCH3 is 1. The largest absolute Gasteiger partial charge is 0.445 e. The second kappa shape index (κ2) is 13.8. The Morgan fingerprint density at radius 3 is 2.09 bits per heavy atom. The molecule has 1 saturated heterocycles. The molecule has 4 saturated carbocycles. The van der Waals surface area contributed by atoms with Gasteiger partial charge in [-0.1, -0.05) is 74.5 Å². The van der Waals surface area contributed by atoms with Gasteiger partial charge in [0.1, 0.15) is 19.3 Å². The minimum absolute atomic E-state index is 0.0855. The van der Waals surface area contributed by atoms with Crippen LogP contribution in [0.1, 0.15) is 69.9 Å². The van der Waals surface area contributed by atoms with Crippen molar-refractivity contribution in [3.8, 4) is 0 Å². The van der Waals surface area contributed by atoms with E-state index < -0.39 is 29.8 Å². The third kappa shape index (κ3) is 7.07. The first kappa shape index (κ1) is 32.0. The van der Waals surface area contributed by atoms with Crippen LogP contribution >= 0.6 is 0 Å². The minimum atomic E-state index is -1.34. The second-order valence-corrected chi connectivity index (χ2v) is 14.0. The van der Waals surface area contributed by atoms with Crippen LogP contribution in [0.2, 0.25) is 0 Å². The molecule has 4 bridgehead atoms. The van der Waals surface area contributed by atoms with Gasteiger partial charge in [0, 0.05) is 18.9 Å². The molecule has 1 aliphatic heterocycles. The number of benzene rings is 2. The zero-order valence-corrected chi connectivity index (χ0v) is 26.7. The molecule has 1 heterocycles. The van der Waals surface area contributed by atoms with Gasteiger partial charge in [-0.3, -0.25) is 4.79 Å². The van der Waals surface area contributed by atoms with E-state index in [0.717, 1.165) is 48.6 Å². The Labute approximate surface area is 266 Å². The fourth-order valence-corrected chi connectivity index (χ4v) is 8.31. The predicted octanol–water partition coefficient (Wildman–Crippen LogP) is 5.92. The summed E-state index contributed by atoms with van der Waals surface area (Å²) in [6, 6.07) is 18.2. The number of carbonyl (C=O) groups excluding carboxylic acids is 2. The van der Waals surface area contributed by atoms with Crippen molar-refractivity contribution in [1.82, 2.24) is 10.6 Å². The molecule has 7 rings (SSSR count). The molecule has 45 heavy (non-hydrogen) atoms. The van der Waals surface area contributed by atoms with Gasteiger partial charge < -0.3 is 24.8 Å². The molecule has 0 radical (unpaired) electrons. The van der Waals surface area contributed by atoms with Crippen molar-refractivity contribution in [3.05, 3.63) is 71.8 Å². The highest BCUT2D eigenvalue weighted by Crippen LogP contribution is 2.63. The van der Waals surface area contributed by atoms with E-state index in [9.17, 15) is 9.59 Å². The van der Waals surface area contributed by atoms with Crippen molar-refractivity contribution < 1.29 is 33.6 Å². The van der Waals surface area contributed by atoms with Gasteiger partial charge in [-0.2, -0.15) is 9.78 Å². The average molecular weight is 621 g/mol. The van der Waals surface area contributed by atoms with Gasteiger partial charge in [0.15, 0.2) is 0 Å². The van der Waals surface area contributed by atoms with Gasteiger partial charge in [0.25, 0.3) is 0 Å². The number of hydrogen-bond donors (Lipinski definition) is 2. The van der Waals surface area contributed by atoms with Gasteiger partial charge >= 0.3 is 6.09 Å². The summed E-state index contributed by atoms with van der Waals surface area (Å²) >= 11 is 0. The molecule has 5 aliphatic rings. The normalized spacial score (nSPS) is 31.2. The number of hydrogen-bond acceptors (Lipinski definition) is 7. The van der Waals surface area contributed by atoms with Crippen LogP contribution in [0.5, 0.6) is 0 Å². The lowest BCUT2D eigenvalue weighted by Crippen LogP contribution is -2.63. The number of rotatable bonds is 13. The maximum atomic E-state index is 14.1. The fourth-order valence-electron chi connectivity index (χ4n) is 8.31. The Kier molecular flexibility index (Phi) is 9.80. The van der Waals surface area contributed by atoms with Crippen LogP contribution in [0.4, 0.5) is 4.79 Å². The molecular formula is C36H48N2O7. The monoisotopic (exact) mass is 620 g/mol. The number of carbonyl (C=O) groups is 2. The SMILES string of the molecule is COCC1([C@H](CCc2ccccc2)NC(=O)[C@H](CC(C)C)NC(=O)OCc2ccccc2)OOC2(O1)C1CC3CC(C1)CC2C3. The molecule has 0 aromatic heterocycles. The zero-order chi connectivity index (χ0) is 31.4. The Balaban J connectivity index is 1.21. The summed E-state index contributed by atoms with van der Waals surface area (Å²) < 4.78 is 18.2. The maximum Gasteiger partial charge on any atom is 0.408 e. The van der Waals surface area contributed by atoms with E-state index in [4.69, 9.17) is 24.0 Å².